The molecule has 1 fully saturated rings. The van der Waals surface area contributed by atoms with Crippen molar-refractivity contribution in [2.75, 3.05) is 13.8 Å². The Morgan fingerprint density at radius 2 is 1.93 bits per heavy atom. The van der Waals surface area contributed by atoms with Gasteiger partial charge in [0.25, 0.3) is 0 Å². The summed E-state index contributed by atoms with van der Waals surface area (Å²) in [6.45, 7) is 1.22. The quantitative estimate of drug-likeness (QED) is 0.520. The molecule has 0 unspecified atom stereocenters. The smallest absolute Gasteiger partial charge is 0.413 e. The maximum absolute atomic E-state index is 13.0. The zero-order valence-corrected chi connectivity index (χ0v) is 17.6. The van der Waals surface area contributed by atoms with E-state index in [1.165, 1.54) is 18.1 Å². The monoisotopic (exact) mass is 430 g/mol. The summed E-state index contributed by atoms with van der Waals surface area (Å²) in [5.74, 6) is -0.753. The van der Waals surface area contributed by atoms with Crippen molar-refractivity contribution in [2.45, 2.75) is 38.1 Å². The van der Waals surface area contributed by atoms with Crippen LogP contribution in [0.4, 0.5) is 4.79 Å². The second-order valence-corrected chi connectivity index (χ2v) is 7.58. The summed E-state index contributed by atoms with van der Waals surface area (Å²) in [4.78, 5) is 43.1. The van der Waals surface area contributed by atoms with E-state index >= 15 is 0 Å². The van der Waals surface area contributed by atoms with Gasteiger partial charge in [-0.05, 0) is 44.4 Å². The lowest BCUT2D eigenvalue weighted by atomic mass is 9.74. The van der Waals surface area contributed by atoms with Gasteiger partial charge in [-0.3, -0.25) is 14.7 Å². The average molecular weight is 431 g/mol. The van der Waals surface area contributed by atoms with E-state index in [-0.39, 0.29) is 11.3 Å². The minimum atomic E-state index is -1.21. The predicted octanol–water partition coefficient (Wildman–Crippen LogP) is 4.26. The van der Waals surface area contributed by atoms with Crippen LogP contribution in [0.3, 0.4) is 0 Å². The summed E-state index contributed by atoms with van der Waals surface area (Å²) in [7, 11) is 1.50. The van der Waals surface area contributed by atoms with Crippen molar-refractivity contribution < 1.29 is 23.9 Å². The lowest BCUT2D eigenvalue weighted by Crippen LogP contribution is -2.54. The molecule has 3 rings (SSSR count). The van der Waals surface area contributed by atoms with Crippen LogP contribution < -0.4 is 0 Å². The van der Waals surface area contributed by atoms with Crippen LogP contribution in [0, 0.1) is 6.92 Å². The highest BCUT2D eigenvalue weighted by Gasteiger charge is 2.48. The number of pyridine rings is 1. The lowest BCUT2D eigenvalue weighted by Gasteiger charge is -2.43. The van der Waals surface area contributed by atoms with Crippen molar-refractivity contribution >= 4 is 29.4 Å². The number of hydrogen-bond acceptors (Lipinski definition) is 6. The SMILES string of the molecule is Cc1ccc(C(=O)OCOC(=O)N(C)[C@]2(c3ccccc3Cl)CCCCC2=O)cn1. The van der Waals surface area contributed by atoms with Gasteiger partial charge in [0.2, 0.25) is 6.79 Å². The summed E-state index contributed by atoms with van der Waals surface area (Å²) < 4.78 is 10.1. The Morgan fingerprint density at radius 1 is 1.17 bits per heavy atom. The molecule has 2 aromatic rings. The molecular formula is C22H23ClN2O5. The molecule has 1 aromatic heterocycles. The van der Waals surface area contributed by atoms with E-state index in [9.17, 15) is 14.4 Å². The minimum absolute atomic E-state index is 0.0935. The Labute approximate surface area is 179 Å². The number of aryl methyl sites for hydroxylation is 1. The van der Waals surface area contributed by atoms with E-state index < -0.39 is 24.4 Å². The number of ether oxygens (including phenoxy) is 2. The molecule has 0 bridgehead atoms. The number of aromatic nitrogens is 1. The zero-order valence-electron chi connectivity index (χ0n) is 16.9. The Kier molecular flexibility index (Phi) is 6.72. The molecule has 0 saturated heterocycles. The van der Waals surface area contributed by atoms with Gasteiger partial charge in [0.05, 0.1) is 5.56 Å². The number of Topliss-reactive ketones (excluding diaryl/α,β-unsaturated/α-hetero) is 1. The summed E-state index contributed by atoms with van der Waals surface area (Å²) in [6.07, 6.45) is 2.92. The molecule has 0 N–H and O–H groups in total. The minimum Gasteiger partial charge on any atom is -0.424 e. The second-order valence-electron chi connectivity index (χ2n) is 7.18. The number of likely N-dealkylation sites (N-methyl/N-ethyl adjacent to an activating group) is 1. The molecule has 1 aliphatic rings. The van der Waals surface area contributed by atoms with Crippen LogP contribution in [0.1, 0.15) is 47.3 Å². The van der Waals surface area contributed by atoms with Crippen molar-refractivity contribution in [3.05, 3.63) is 64.4 Å². The number of benzene rings is 1. The fourth-order valence-electron chi connectivity index (χ4n) is 3.69. The first kappa shape index (κ1) is 21.8. The van der Waals surface area contributed by atoms with E-state index in [2.05, 4.69) is 4.98 Å². The van der Waals surface area contributed by atoms with E-state index in [0.717, 1.165) is 18.5 Å². The Bertz CT molecular complexity index is 947. The van der Waals surface area contributed by atoms with E-state index in [0.29, 0.717) is 23.4 Å². The summed E-state index contributed by atoms with van der Waals surface area (Å²) in [5.41, 5.74) is 0.374. The maximum Gasteiger partial charge on any atom is 0.413 e. The van der Waals surface area contributed by atoms with Gasteiger partial charge in [0.1, 0.15) is 5.54 Å². The topological polar surface area (TPSA) is 85.8 Å². The number of ketones is 1. The van der Waals surface area contributed by atoms with Crippen LogP contribution in [-0.4, -0.2) is 41.6 Å². The Morgan fingerprint density at radius 3 is 2.60 bits per heavy atom. The first-order valence-corrected chi connectivity index (χ1v) is 10.0. The number of hydrogen-bond donors (Lipinski definition) is 0. The first-order valence-electron chi connectivity index (χ1n) is 9.65. The summed E-state index contributed by atoms with van der Waals surface area (Å²) in [5, 5.41) is 0.408. The highest BCUT2D eigenvalue weighted by Crippen LogP contribution is 2.42. The van der Waals surface area contributed by atoms with E-state index in [1.54, 1.807) is 43.3 Å². The second kappa shape index (κ2) is 9.26. The predicted molar refractivity (Wildman–Crippen MR) is 110 cm³/mol. The zero-order chi connectivity index (χ0) is 21.7. The molecule has 1 saturated carbocycles. The van der Waals surface area contributed by atoms with Gasteiger partial charge in [-0.1, -0.05) is 29.8 Å². The fourth-order valence-corrected chi connectivity index (χ4v) is 3.98. The lowest BCUT2D eigenvalue weighted by molar-refractivity contribution is -0.133. The molecule has 0 aliphatic heterocycles. The third kappa shape index (κ3) is 4.31. The van der Waals surface area contributed by atoms with Crippen LogP contribution in [0.5, 0.6) is 0 Å². The average Bonchev–Trinajstić information content (AvgIpc) is 2.74. The molecular weight excluding hydrogens is 408 g/mol. The largest absolute Gasteiger partial charge is 0.424 e. The number of nitrogens with zero attached hydrogens (tertiary/aromatic N) is 2. The van der Waals surface area contributed by atoms with Crippen LogP contribution in [0.2, 0.25) is 5.02 Å². The Balaban J connectivity index is 1.72. The van der Waals surface area contributed by atoms with Gasteiger partial charge >= 0.3 is 12.1 Å². The highest BCUT2D eigenvalue weighted by molar-refractivity contribution is 6.31. The van der Waals surface area contributed by atoms with Gasteiger partial charge < -0.3 is 9.47 Å². The van der Waals surface area contributed by atoms with Crippen molar-refractivity contribution in [1.82, 2.24) is 9.88 Å². The number of esters is 1. The van der Waals surface area contributed by atoms with Gasteiger partial charge in [-0.2, -0.15) is 0 Å². The molecule has 1 heterocycles. The van der Waals surface area contributed by atoms with Crippen molar-refractivity contribution in [3.8, 4) is 0 Å². The number of halogens is 1. The highest BCUT2D eigenvalue weighted by atomic mass is 35.5. The summed E-state index contributed by atoms with van der Waals surface area (Å²) in [6, 6.07) is 10.2. The summed E-state index contributed by atoms with van der Waals surface area (Å²) >= 11 is 6.38. The number of carbonyl (C=O) groups is 3. The van der Waals surface area contributed by atoms with Crippen molar-refractivity contribution in [3.63, 3.8) is 0 Å². The van der Waals surface area contributed by atoms with Gasteiger partial charge in [-0.25, -0.2) is 9.59 Å². The molecule has 30 heavy (non-hydrogen) atoms. The van der Waals surface area contributed by atoms with Crippen LogP contribution in [0.15, 0.2) is 42.6 Å². The maximum atomic E-state index is 13.0. The fraction of sp³-hybridized carbons (Fsp3) is 0.364. The molecule has 0 radical (unpaired) electrons. The molecule has 1 amide bonds. The van der Waals surface area contributed by atoms with Crippen LogP contribution >= 0.6 is 11.6 Å². The molecule has 1 atom stereocenters. The van der Waals surface area contributed by atoms with Gasteiger partial charge in [0.15, 0.2) is 5.78 Å². The van der Waals surface area contributed by atoms with Crippen molar-refractivity contribution in [2.24, 2.45) is 0 Å². The third-order valence-electron chi connectivity index (χ3n) is 5.34. The molecule has 7 nitrogen and oxygen atoms in total. The number of rotatable bonds is 5. The number of carbonyl (C=O) groups excluding carboxylic acids is 3. The van der Waals surface area contributed by atoms with Gasteiger partial charge in [0, 0.05) is 35.9 Å². The standard InChI is InChI=1S/C22H23ClN2O5/c1-15-10-11-16(13-24-15)20(27)29-14-30-21(28)25(2)22(12-6-5-9-19(22)26)17-7-3-4-8-18(17)23/h3-4,7-8,10-11,13H,5-6,9,12,14H2,1-2H3/t22-/m0/s1. The molecule has 158 valence electrons. The molecule has 1 aliphatic carbocycles. The van der Waals surface area contributed by atoms with Crippen molar-refractivity contribution in [1.29, 1.82) is 0 Å². The van der Waals surface area contributed by atoms with Gasteiger partial charge in [-0.15, -0.1) is 0 Å². The van der Waals surface area contributed by atoms with Crippen LogP contribution in [0.25, 0.3) is 0 Å². The Hall–Kier alpha value is -2.93. The normalized spacial score (nSPS) is 18.6. The number of amides is 1. The molecule has 0 spiro atoms. The first-order chi connectivity index (χ1) is 14.4. The molecule has 8 heteroatoms. The van der Waals surface area contributed by atoms with E-state index in [4.69, 9.17) is 21.1 Å². The van der Waals surface area contributed by atoms with E-state index in [1.807, 2.05) is 0 Å². The third-order valence-corrected chi connectivity index (χ3v) is 5.67. The molecule has 1 aromatic carbocycles. The van der Waals surface area contributed by atoms with Crippen LogP contribution in [-0.2, 0) is 19.8 Å².